The van der Waals surface area contributed by atoms with Crippen molar-refractivity contribution in [3.05, 3.63) is 39.5 Å². The van der Waals surface area contributed by atoms with E-state index in [0.29, 0.717) is 25.4 Å². The fourth-order valence-corrected chi connectivity index (χ4v) is 5.20. The van der Waals surface area contributed by atoms with Crippen molar-refractivity contribution in [2.24, 2.45) is 0 Å². The number of nitrogens with zero attached hydrogens (tertiary/aromatic N) is 2. The van der Waals surface area contributed by atoms with Gasteiger partial charge in [0, 0.05) is 47.6 Å². The summed E-state index contributed by atoms with van der Waals surface area (Å²) in [6.07, 6.45) is 4.02. The minimum absolute atomic E-state index is 0.524. The molecule has 1 aromatic carbocycles. The molecule has 2 heterocycles. The first-order chi connectivity index (χ1) is 12.9. The lowest BCUT2D eigenvalue weighted by Crippen LogP contribution is -2.30. The van der Waals surface area contributed by atoms with Gasteiger partial charge in [0.2, 0.25) is 10.0 Å². The molecule has 0 radical (unpaired) electrons. The third kappa shape index (κ3) is 4.24. The van der Waals surface area contributed by atoms with Gasteiger partial charge < -0.3 is 9.32 Å². The third-order valence-corrected chi connectivity index (χ3v) is 6.82. The molecule has 0 N–H and O–H groups in total. The number of hydrogen-bond donors (Lipinski definition) is 0. The van der Waals surface area contributed by atoms with Crippen LogP contribution < -0.4 is 0 Å². The summed E-state index contributed by atoms with van der Waals surface area (Å²) in [5.74, 6) is 0.596. The molecule has 0 aliphatic carbocycles. The Labute approximate surface area is 166 Å². The molecule has 0 amide bonds. The summed E-state index contributed by atoms with van der Waals surface area (Å²) < 4.78 is 33.0. The molecule has 1 aliphatic rings. The second-order valence-electron chi connectivity index (χ2n) is 7.08. The molecular weight excluding hydrogens is 384 g/mol. The van der Waals surface area contributed by atoms with Crippen molar-refractivity contribution in [3.8, 4) is 0 Å². The Kier molecular flexibility index (Phi) is 6.31. The predicted molar refractivity (Wildman–Crippen MR) is 111 cm³/mol. The number of furan rings is 1. The minimum atomic E-state index is -3.48. The minimum Gasteiger partial charge on any atom is -0.456 e. The normalized spacial score (nSPS) is 15.9. The van der Waals surface area contributed by atoms with Crippen LogP contribution in [0.15, 0.2) is 22.0 Å². The van der Waals surface area contributed by atoms with Gasteiger partial charge in [-0.25, -0.2) is 8.42 Å². The Morgan fingerprint density at radius 3 is 2.59 bits per heavy atom. The zero-order valence-electron chi connectivity index (χ0n) is 16.2. The molecule has 0 saturated heterocycles. The molecule has 2 aromatic rings. The van der Waals surface area contributed by atoms with E-state index >= 15 is 0 Å². The summed E-state index contributed by atoms with van der Waals surface area (Å²) in [6.45, 7) is 6.61. The van der Waals surface area contributed by atoms with Crippen molar-refractivity contribution in [2.75, 3.05) is 26.7 Å². The number of benzene rings is 1. The number of halogens is 1. The van der Waals surface area contributed by atoms with Crippen LogP contribution in [0.1, 0.15) is 43.6 Å². The largest absolute Gasteiger partial charge is 0.456 e. The highest BCUT2D eigenvalue weighted by Gasteiger charge is 2.23. The highest BCUT2D eigenvalue weighted by Crippen LogP contribution is 2.36. The molecule has 0 spiro atoms. The van der Waals surface area contributed by atoms with E-state index in [9.17, 15) is 8.42 Å². The van der Waals surface area contributed by atoms with Crippen LogP contribution >= 0.6 is 11.6 Å². The molecular formula is C20H27ClN2O3S. The summed E-state index contributed by atoms with van der Waals surface area (Å²) in [5.41, 5.74) is 2.85. The Balaban J connectivity index is 2.03. The van der Waals surface area contributed by atoms with Crippen LogP contribution in [0.2, 0.25) is 5.02 Å². The van der Waals surface area contributed by atoms with E-state index in [-0.39, 0.29) is 0 Å². The Bertz CT molecular complexity index is 944. The van der Waals surface area contributed by atoms with Crippen LogP contribution in [0.25, 0.3) is 17.0 Å². The van der Waals surface area contributed by atoms with Crippen LogP contribution in [0, 0.1) is 0 Å². The molecule has 0 saturated carbocycles. The van der Waals surface area contributed by atoms with Gasteiger partial charge >= 0.3 is 0 Å². The first kappa shape index (κ1) is 20.4. The standard InChI is InChI=1S/C20H27ClN2O3S/c1-4-10-23(11-5-2)27(24,25)13-9-18-16-14-22(3)12-8-15-17(21)6-7-19(26-18)20(15)16/h6-7,9,13H,4-5,8,10-12,14H2,1-3H3. The lowest BCUT2D eigenvalue weighted by atomic mass is 10.0. The molecule has 1 aromatic heterocycles. The van der Waals surface area contributed by atoms with Gasteiger partial charge in [-0.3, -0.25) is 0 Å². The fraction of sp³-hybridized carbons (Fsp3) is 0.500. The monoisotopic (exact) mass is 410 g/mol. The van der Waals surface area contributed by atoms with E-state index in [0.717, 1.165) is 52.9 Å². The van der Waals surface area contributed by atoms with Crippen molar-refractivity contribution >= 4 is 38.7 Å². The molecule has 27 heavy (non-hydrogen) atoms. The van der Waals surface area contributed by atoms with Gasteiger partial charge in [0.1, 0.15) is 11.3 Å². The summed E-state index contributed by atoms with van der Waals surface area (Å²) in [4.78, 5) is 2.20. The van der Waals surface area contributed by atoms with Crippen LogP contribution in [0.3, 0.4) is 0 Å². The lowest BCUT2D eigenvalue weighted by molar-refractivity contribution is 0.334. The fourth-order valence-electron chi connectivity index (χ4n) is 3.61. The van der Waals surface area contributed by atoms with Crippen LogP contribution in [-0.4, -0.2) is 44.3 Å². The highest BCUT2D eigenvalue weighted by molar-refractivity contribution is 7.92. The van der Waals surface area contributed by atoms with Crippen LogP contribution in [-0.2, 0) is 23.0 Å². The summed E-state index contributed by atoms with van der Waals surface area (Å²) in [6, 6.07) is 3.72. The number of hydrogen-bond acceptors (Lipinski definition) is 4. The Morgan fingerprint density at radius 2 is 1.93 bits per heavy atom. The summed E-state index contributed by atoms with van der Waals surface area (Å²) in [7, 11) is -1.43. The first-order valence-electron chi connectivity index (χ1n) is 9.46. The molecule has 0 fully saturated rings. The van der Waals surface area contributed by atoms with Crippen molar-refractivity contribution in [3.63, 3.8) is 0 Å². The van der Waals surface area contributed by atoms with Gasteiger partial charge in [-0.1, -0.05) is 25.4 Å². The van der Waals surface area contributed by atoms with Crippen LogP contribution in [0.5, 0.6) is 0 Å². The molecule has 1 aliphatic heterocycles. The molecule has 0 unspecified atom stereocenters. The molecule has 7 heteroatoms. The lowest BCUT2D eigenvalue weighted by Gasteiger charge is -2.18. The number of likely N-dealkylation sites (N-methyl/N-ethyl adjacent to an activating group) is 1. The molecule has 3 rings (SSSR count). The number of sulfonamides is 1. The van der Waals surface area contributed by atoms with Gasteiger partial charge in [-0.15, -0.1) is 0 Å². The third-order valence-electron chi connectivity index (χ3n) is 4.91. The van der Waals surface area contributed by atoms with Gasteiger partial charge in [-0.05, 0) is 50.1 Å². The average Bonchev–Trinajstić information content (AvgIpc) is 2.86. The van der Waals surface area contributed by atoms with Gasteiger partial charge in [0.15, 0.2) is 0 Å². The van der Waals surface area contributed by atoms with E-state index in [1.54, 1.807) is 6.08 Å². The SMILES string of the molecule is CCCN(CCC)S(=O)(=O)C=Cc1oc2ccc(Cl)c3c2c1CN(C)CC3. The smallest absolute Gasteiger partial charge is 0.236 e. The second-order valence-corrected chi connectivity index (χ2v) is 9.30. The van der Waals surface area contributed by atoms with Gasteiger partial charge in [0.25, 0.3) is 0 Å². The molecule has 0 atom stereocenters. The van der Waals surface area contributed by atoms with Gasteiger partial charge in [0.05, 0.1) is 0 Å². The second kappa shape index (κ2) is 8.35. The van der Waals surface area contributed by atoms with Crippen molar-refractivity contribution in [2.45, 2.75) is 39.7 Å². The van der Waals surface area contributed by atoms with Gasteiger partial charge in [-0.2, -0.15) is 4.31 Å². The topological polar surface area (TPSA) is 53.8 Å². The van der Waals surface area contributed by atoms with E-state index < -0.39 is 10.0 Å². The molecule has 148 valence electrons. The maximum absolute atomic E-state index is 12.7. The van der Waals surface area contributed by atoms with Crippen molar-refractivity contribution in [1.29, 1.82) is 0 Å². The van der Waals surface area contributed by atoms with E-state index in [4.69, 9.17) is 16.0 Å². The Morgan fingerprint density at radius 1 is 1.22 bits per heavy atom. The average molecular weight is 411 g/mol. The predicted octanol–water partition coefficient (Wildman–Crippen LogP) is 4.50. The Hall–Kier alpha value is -1.34. The maximum atomic E-state index is 12.7. The number of rotatable bonds is 7. The summed E-state index contributed by atoms with van der Waals surface area (Å²) >= 11 is 6.42. The zero-order chi connectivity index (χ0) is 19.6. The van der Waals surface area contributed by atoms with Crippen molar-refractivity contribution < 1.29 is 12.8 Å². The zero-order valence-corrected chi connectivity index (χ0v) is 17.7. The van der Waals surface area contributed by atoms with Crippen LogP contribution in [0.4, 0.5) is 0 Å². The maximum Gasteiger partial charge on any atom is 0.236 e. The van der Waals surface area contributed by atoms with Crippen molar-refractivity contribution in [1.82, 2.24) is 9.21 Å². The van der Waals surface area contributed by atoms with E-state index in [1.807, 2.05) is 33.0 Å². The quantitative estimate of drug-likeness (QED) is 0.674. The summed E-state index contributed by atoms with van der Waals surface area (Å²) in [5, 5.41) is 3.04. The van der Waals surface area contributed by atoms with E-state index in [1.165, 1.54) is 9.71 Å². The molecule has 0 bridgehead atoms. The van der Waals surface area contributed by atoms with E-state index in [2.05, 4.69) is 4.90 Å². The highest BCUT2D eigenvalue weighted by atomic mass is 35.5. The first-order valence-corrected chi connectivity index (χ1v) is 11.3. The molecule has 5 nitrogen and oxygen atoms in total.